The van der Waals surface area contributed by atoms with Crippen LogP contribution in [0.2, 0.25) is 0 Å². The number of hydrogen-bond donors (Lipinski definition) is 1. The van der Waals surface area contributed by atoms with E-state index in [0.29, 0.717) is 17.2 Å². The normalized spacial score (nSPS) is 10.8. The topological polar surface area (TPSA) is 69.6 Å². The van der Waals surface area contributed by atoms with Crippen molar-refractivity contribution in [2.24, 2.45) is 7.05 Å². The molecule has 2 rings (SSSR count). The number of nitrogens with zero attached hydrogens (tertiary/aromatic N) is 4. The fourth-order valence-electron chi connectivity index (χ4n) is 1.14. The number of hydrogen-bond acceptors (Lipinski definition) is 4. The lowest BCUT2D eigenvalue weighted by Crippen LogP contribution is -1.98. The van der Waals surface area contributed by atoms with Crippen molar-refractivity contribution in [3.63, 3.8) is 0 Å². The molecule has 12 heavy (non-hydrogen) atoms. The fourth-order valence-corrected chi connectivity index (χ4v) is 1.14. The van der Waals surface area contributed by atoms with Gasteiger partial charge in [0.2, 0.25) is 0 Å². The highest BCUT2D eigenvalue weighted by Gasteiger charge is 2.06. The predicted molar refractivity (Wildman–Crippen MR) is 45.5 cm³/mol. The molecule has 0 bridgehead atoms. The van der Waals surface area contributed by atoms with Crippen LogP contribution in [0.1, 0.15) is 5.82 Å². The van der Waals surface area contributed by atoms with Crippen molar-refractivity contribution in [2.45, 2.75) is 6.92 Å². The van der Waals surface area contributed by atoms with E-state index in [1.54, 1.807) is 6.33 Å². The Balaban J connectivity index is 2.92. The maximum absolute atomic E-state index is 5.64. The SMILES string of the molecule is Cc1nc(N)c2ncn(C)c2n1. The molecule has 0 aliphatic rings. The Hall–Kier alpha value is -1.65. The lowest BCUT2D eigenvalue weighted by molar-refractivity contribution is 0.920. The standard InChI is InChI=1S/C7H9N5/c1-4-10-6(8)5-7(11-4)12(2)3-9-5/h3H,1-2H3,(H2,8,10,11). The van der Waals surface area contributed by atoms with Gasteiger partial charge >= 0.3 is 0 Å². The summed E-state index contributed by atoms with van der Waals surface area (Å²) in [5.74, 6) is 1.11. The number of nitrogen functional groups attached to an aromatic ring is 1. The molecule has 5 nitrogen and oxygen atoms in total. The molecule has 0 saturated carbocycles. The van der Waals surface area contributed by atoms with Gasteiger partial charge in [0, 0.05) is 7.05 Å². The zero-order valence-electron chi connectivity index (χ0n) is 6.94. The highest BCUT2D eigenvalue weighted by Crippen LogP contribution is 2.13. The lowest BCUT2D eigenvalue weighted by Gasteiger charge is -1.97. The Morgan fingerprint density at radius 3 is 2.92 bits per heavy atom. The molecule has 5 heteroatoms. The third-order valence-electron chi connectivity index (χ3n) is 1.70. The first-order valence-corrected chi connectivity index (χ1v) is 3.59. The molecule has 0 radical (unpaired) electrons. The Morgan fingerprint density at radius 2 is 2.17 bits per heavy atom. The Bertz CT molecular complexity index is 431. The minimum atomic E-state index is 0.443. The molecule has 0 aliphatic heterocycles. The Labute approximate surface area is 69.3 Å². The van der Waals surface area contributed by atoms with Gasteiger partial charge < -0.3 is 10.3 Å². The molecule has 0 aromatic carbocycles. The molecular weight excluding hydrogens is 154 g/mol. The van der Waals surface area contributed by atoms with Crippen molar-refractivity contribution < 1.29 is 0 Å². The van der Waals surface area contributed by atoms with E-state index in [2.05, 4.69) is 15.0 Å². The Morgan fingerprint density at radius 1 is 1.42 bits per heavy atom. The number of imidazole rings is 1. The minimum absolute atomic E-state index is 0.443. The average Bonchev–Trinajstić information content (AvgIpc) is 2.33. The molecule has 2 aromatic rings. The van der Waals surface area contributed by atoms with E-state index < -0.39 is 0 Å². The molecule has 0 aliphatic carbocycles. The van der Waals surface area contributed by atoms with Gasteiger partial charge in [-0.25, -0.2) is 15.0 Å². The molecule has 0 fully saturated rings. The third-order valence-corrected chi connectivity index (χ3v) is 1.70. The van der Waals surface area contributed by atoms with Crippen molar-refractivity contribution in [3.05, 3.63) is 12.2 Å². The average molecular weight is 163 g/mol. The summed E-state index contributed by atoms with van der Waals surface area (Å²) in [6.45, 7) is 1.81. The van der Waals surface area contributed by atoms with Gasteiger partial charge in [-0.1, -0.05) is 0 Å². The van der Waals surface area contributed by atoms with Crippen LogP contribution in [0.3, 0.4) is 0 Å². The van der Waals surface area contributed by atoms with Crippen molar-refractivity contribution in [1.29, 1.82) is 0 Å². The van der Waals surface area contributed by atoms with Gasteiger partial charge in [0.15, 0.2) is 11.5 Å². The van der Waals surface area contributed by atoms with Crippen LogP contribution in [-0.4, -0.2) is 19.5 Å². The van der Waals surface area contributed by atoms with Gasteiger partial charge in [-0.05, 0) is 6.92 Å². The van der Waals surface area contributed by atoms with Gasteiger partial charge in [-0.15, -0.1) is 0 Å². The van der Waals surface area contributed by atoms with Crippen LogP contribution in [0, 0.1) is 6.92 Å². The summed E-state index contributed by atoms with van der Waals surface area (Å²) in [4.78, 5) is 12.3. The zero-order valence-corrected chi connectivity index (χ0v) is 6.94. The number of anilines is 1. The highest BCUT2D eigenvalue weighted by atomic mass is 15.1. The van der Waals surface area contributed by atoms with Crippen molar-refractivity contribution in [2.75, 3.05) is 5.73 Å². The summed E-state index contributed by atoms with van der Waals surface area (Å²) in [6.07, 6.45) is 1.68. The van der Waals surface area contributed by atoms with Gasteiger partial charge in [-0.3, -0.25) is 0 Å². The molecule has 0 unspecified atom stereocenters. The number of fused-ring (bicyclic) bond motifs is 1. The highest BCUT2D eigenvalue weighted by molar-refractivity contribution is 5.81. The summed E-state index contributed by atoms with van der Waals surface area (Å²) in [5.41, 5.74) is 7.09. The lowest BCUT2D eigenvalue weighted by atomic mass is 10.5. The molecule has 0 amide bonds. The predicted octanol–water partition coefficient (Wildman–Crippen LogP) is 0.254. The molecule has 0 saturated heterocycles. The van der Waals surface area contributed by atoms with Gasteiger partial charge in [0.25, 0.3) is 0 Å². The van der Waals surface area contributed by atoms with Gasteiger partial charge in [0.1, 0.15) is 11.3 Å². The van der Waals surface area contributed by atoms with E-state index in [1.165, 1.54) is 0 Å². The van der Waals surface area contributed by atoms with Crippen molar-refractivity contribution >= 4 is 17.0 Å². The third kappa shape index (κ3) is 0.827. The van der Waals surface area contributed by atoms with Crippen molar-refractivity contribution in [1.82, 2.24) is 19.5 Å². The summed E-state index contributed by atoms with van der Waals surface area (Å²) in [6, 6.07) is 0. The summed E-state index contributed by atoms with van der Waals surface area (Å²) in [5, 5.41) is 0. The smallest absolute Gasteiger partial charge is 0.165 e. The first-order chi connectivity index (χ1) is 5.68. The monoisotopic (exact) mass is 163 g/mol. The molecule has 0 spiro atoms. The minimum Gasteiger partial charge on any atom is -0.382 e. The van der Waals surface area contributed by atoms with Crippen LogP contribution >= 0.6 is 0 Å². The van der Waals surface area contributed by atoms with E-state index >= 15 is 0 Å². The van der Waals surface area contributed by atoms with Gasteiger partial charge in [-0.2, -0.15) is 0 Å². The number of aromatic nitrogens is 4. The summed E-state index contributed by atoms with van der Waals surface area (Å²) < 4.78 is 1.82. The molecule has 2 N–H and O–H groups in total. The quantitative estimate of drug-likeness (QED) is 0.604. The number of aryl methyl sites for hydroxylation is 2. The Kier molecular flexibility index (Phi) is 1.27. The maximum atomic E-state index is 5.64. The molecular formula is C7H9N5. The second-order valence-electron chi connectivity index (χ2n) is 2.68. The van der Waals surface area contributed by atoms with Crippen LogP contribution in [-0.2, 0) is 7.05 Å². The van der Waals surface area contributed by atoms with E-state index in [4.69, 9.17) is 5.73 Å². The second-order valence-corrected chi connectivity index (χ2v) is 2.68. The van der Waals surface area contributed by atoms with Crippen LogP contribution in [0.15, 0.2) is 6.33 Å². The summed E-state index contributed by atoms with van der Waals surface area (Å²) >= 11 is 0. The largest absolute Gasteiger partial charge is 0.382 e. The fraction of sp³-hybridized carbons (Fsp3) is 0.286. The van der Waals surface area contributed by atoms with Crippen LogP contribution in [0.5, 0.6) is 0 Å². The van der Waals surface area contributed by atoms with Crippen LogP contribution in [0.25, 0.3) is 11.2 Å². The molecule has 0 atom stereocenters. The van der Waals surface area contributed by atoms with E-state index in [9.17, 15) is 0 Å². The van der Waals surface area contributed by atoms with Crippen LogP contribution < -0.4 is 5.73 Å². The van der Waals surface area contributed by atoms with Crippen molar-refractivity contribution in [3.8, 4) is 0 Å². The van der Waals surface area contributed by atoms with E-state index in [0.717, 1.165) is 5.65 Å². The second kappa shape index (κ2) is 2.17. The van der Waals surface area contributed by atoms with Gasteiger partial charge in [0.05, 0.1) is 6.33 Å². The zero-order chi connectivity index (χ0) is 8.72. The number of nitrogens with two attached hydrogens (primary N) is 1. The van der Waals surface area contributed by atoms with Crippen LogP contribution in [0.4, 0.5) is 5.82 Å². The van der Waals surface area contributed by atoms with E-state index in [1.807, 2.05) is 18.5 Å². The first kappa shape index (κ1) is 7.02. The number of rotatable bonds is 0. The van der Waals surface area contributed by atoms with E-state index in [-0.39, 0.29) is 0 Å². The molecule has 62 valence electrons. The molecule has 2 heterocycles. The first-order valence-electron chi connectivity index (χ1n) is 3.59. The molecule has 2 aromatic heterocycles. The summed E-state index contributed by atoms with van der Waals surface area (Å²) in [7, 11) is 1.88. The maximum Gasteiger partial charge on any atom is 0.165 e.